The van der Waals surface area contributed by atoms with Gasteiger partial charge < -0.3 is 9.87 Å². The summed E-state index contributed by atoms with van der Waals surface area (Å²) in [6.07, 6.45) is 4.34. The van der Waals surface area contributed by atoms with Gasteiger partial charge in [-0.2, -0.15) is 0 Å². The van der Waals surface area contributed by atoms with Crippen LogP contribution in [0.4, 0.5) is 5.69 Å². The standard InChI is InChI=1S/C27H27NO3S2/c29-32-17-23(15-20-4-1-2-6-25(20)32)19-9-11-26-21(14-19)10-12-27(33(26,30)31)22-8-7-18-5-3-13-28-24(18)16-22/h1-2,4,6-9,11,14,16,23,27-28H,3,5,10,12-13,15,17H2. The molecule has 0 radical (unpaired) electrons. The SMILES string of the molecule is O=S1(=O)c2ccc(C3Cc4ccccc4[S+]([O-])C3)cc2CCC1c1ccc2c(c1)NCCC2. The number of hydrogen-bond acceptors (Lipinski definition) is 4. The van der Waals surface area contributed by atoms with Gasteiger partial charge in [0.05, 0.1) is 10.1 Å². The molecule has 3 atom stereocenters. The van der Waals surface area contributed by atoms with E-state index < -0.39 is 26.3 Å². The van der Waals surface area contributed by atoms with E-state index in [1.165, 1.54) is 5.56 Å². The van der Waals surface area contributed by atoms with Gasteiger partial charge in [0.25, 0.3) is 0 Å². The predicted molar refractivity (Wildman–Crippen MR) is 132 cm³/mol. The molecule has 3 aromatic rings. The monoisotopic (exact) mass is 477 g/mol. The molecule has 3 unspecified atom stereocenters. The van der Waals surface area contributed by atoms with Crippen LogP contribution in [0.2, 0.25) is 0 Å². The van der Waals surface area contributed by atoms with Crippen molar-refractivity contribution < 1.29 is 13.0 Å². The zero-order chi connectivity index (χ0) is 22.6. The van der Waals surface area contributed by atoms with Crippen molar-refractivity contribution in [2.45, 2.75) is 53.1 Å². The van der Waals surface area contributed by atoms with Gasteiger partial charge in [-0.1, -0.05) is 42.5 Å². The van der Waals surface area contributed by atoms with Crippen molar-refractivity contribution >= 4 is 26.7 Å². The van der Waals surface area contributed by atoms with Crippen LogP contribution in [-0.4, -0.2) is 25.3 Å². The Bertz CT molecular complexity index is 1330. The maximum atomic E-state index is 13.6. The number of benzene rings is 3. The van der Waals surface area contributed by atoms with Gasteiger partial charge in [0, 0.05) is 23.7 Å². The molecular formula is C27H27NO3S2. The Balaban J connectivity index is 1.31. The quantitative estimate of drug-likeness (QED) is 0.530. The van der Waals surface area contributed by atoms with Crippen molar-refractivity contribution in [3.05, 3.63) is 88.5 Å². The maximum Gasteiger partial charge on any atom is 0.185 e. The fourth-order valence-electron chi connectivity index (χ4n) is 5.65. The molecule has 33 heavy (non-hydrogen) atoms. The molecule has 0 aromatic heterocycles. The minimum absolute atomic E-state index is 0.151. The average molecular weight is 478 g/mol. The van der Waals surface area contributed by atoms with Crippen molar-refractivity contribution in [1.29, 1.82) is 0 Å². The topological polar surface area (TPSA) is 69.2 Å². The highest BCUT2D eigenvalue weighted by Crippen LogP contribution is 2.42. The lowest BCUT2D eigenvalue weighted by Gasteiger charge is -2.29. The van der Waals surface area contributed by atoms with Gasteiger partial charge in [-0.05, 0) is 83.7 Å². The molecule has 0 saturated carbocycles. The third-order valence-corrected chi connectivity index (χ3v) is 11.3. The van der Waals surface area contributed by atoms with Crippen LogP contribution < -0.4 is 5.32 Å². The van der Waals surface area contributed by atoms with Crippen LogP contribution >= 0.6 is 0 Å². The summed E-state index contributed by atoms with van der Waals surface area (Å²) in [4.78, 5) is 1.40. The van der Waals surface area contributed by atoms with Gasteiger partial charge >= 0.3 is 0 Å². The number of hydrogen-bond donors (Lipinski definition) is 1. The minimum atomic E-state index is -3.46. The molecule has 3 aliphatic rings. The lowest BCUT2D eigenvalue weighted by Crippen LogP contribution is -2.25. The number of fused-ring (bicyclic) bond motifs is 3. The van der Waals surface area contributed by atoms with E-state index in [1.807, 2.05) is 36.4 Å². The molecule has 0 saturated heterocycles. The molecule has 6 rings (SSSR count). The highest BCUT2D eigenvalue weighted by molar-refractivity contribution is 7.92. The van der Waals surface area contributed by atoms with Crippen molar-refractivity contribution in [3.63, 3.8) is 0 Å². The smallest absolute Gasteiger partial charge is 0.185 e. The van der Waals surface area contributed by atoms with Crippen molar-refractivity contribution in [2.24, 2.45) is 0 Å². The Morgan fingerprint density at radius 3 is 2.67 bits per heavy atom. The highest BCUT2D eigenvalue weighted by atomic mass is 32.2. The van der Waals surface area contributed by atoms with Crippen LogP contribution in [-0.2, 0) is 40.3 Å². The molecule has 4 nitrogen and oxygen atoms in total. The minimum Gasteiger partial charge on any atom is -0.611 e. The molecule has 0 spiro atoms. The normalized spacial score (nSPS) is 25.3. The summed E-state index contributed by atoms with van der Waals surface area (Å²) in [5.74, 6) is 0.742. The highest BCUT2D eigenvalue weighted by Gasteiger charge is 2.37. The lowest BCUT2D eigenvalue weighted by molar-refractivity contribution is 0.562. The predicted octanol–water partition coefficient (Wildman–Crippen LogP) is 4.95. The second kappa shape index (κ2) is 8.19. The van der Waals surface area contributed by atoms with Crippen molar-refractivity contribution in [3.8, 4) is 0 Å². The van der Waals surface area contributed by atoms with Gasteiger partial charge in [-0.25, -0.2) is 8.42 Å². The molecule has 3 heterocycles. The van der Waals surface area contributed by atoms with Crippen LogP contribution in [0.5, 0.6) is 0 Å². The van der Waals surface area contributed by atoms with E-state index in [4.69, 9.17) is 0 Å². The van der Waals surface area contributed by atoms with Gasteiger partial charge in [-0.15, -0.1) is 0 Å². The summed E-state index contributed by atoms with van der Waals surface area (Å²) >= 11 is -1.02. The third kappa shape index (κ3) is 3.69. The Labute approximate surface area is 198 Å². The molecule has 0 amide bonds. The molecule has 6 heteroatoms. The molecule has 0 fully saturated rings. The van der Waals surface area contributed by atoms with Gasteiger partial charge in [0.15, 0.2) is 14.7 Å². The molecule has 1 N–H and O–H groups in total. The van der Waals surface area contributed by atoms with Gasteiger partial charge in [0.1, 0.15) is 5.75 Å². The van der Waals surface area contributed by atoms with Crippen LogP contribution in [0.3, 0.4) is 0 Å². The molecule has 0 aliphatic carbocycles. The number of anilines is 1. The molecular weight excluding hydrogens is 450 g/mol. The summed E-state index contributed by atoms with van der Waals surface area (Å²) in [5, 5.41) is 2.92. The summed E-state index contributed by atoms with van der Waals surface area (Å²) in [7, 11) is -3.46. The average Bonchev–Trinajstić information content (AvgIpc) is 2.83. The second-order valence-corrected chi connectivity index (χ2v) is 13.0. The van der Waals surface area contributed by atoms with Gasteiger partial charge in [-0.3, -0.25) is 0 Å². The molecule has 0 bridgehead atoms. The second-order valence-electron chi connectivity index (χ2n) is 9.41. The summed E-state index contributed by atoms with van der Waals surface area (Å²) in [6, 6.07) is 19.9. The first-order valence-electron chi connectivity index (χ1n) is 11.7. The molecule has 170 valence electrons. The van der Waals surface area contributed by atoms with E-state index in [1.54, 1.807) is 6.07 Å². The van der Waals surface area contributed by atoms with E-state index in [2.05, 4.69) is 23.5 Å². The number of sulfone groups is 1. The number of rotatable bonds is 2. The van der Waals surface area contributed by atoms with E-state index in [-0.39, 0.29) is 5.92 Å². The first-order chi connectivity index (χ1) is 16.0. The largest absolute Gasteiger partial charge is 0.611 e. The maximum absolute atomic E-state index is 13.6. The van der Waals surface area contributed by atoms with E-state index in [9.17, 15) is 13.0 Å². The Hall–Kier alpha value is -2.28. The van der Waals surface area contributed by atoms with Crippen LogP contribution in [0.25, 0.3) is 0 Å². The van der Waals surface area contributed by atoms with E-state index in [0.29, 0.717) is 17.1 Å². The summed E-state index contributed by atoms with van der Waals surface area (Å²) in [6.45, 7) is 0.940. The molecule has 3 aliphatic heterocycles. The molecule has 3 aromatic carbocycles. The fourth-order valence-corrected chi connectivity index (χ4v) is 9.20. The zero-order valence-electron chi connectivity index (χ0n) is 18.4. The van der Waals surface area contributed by atoms with Gasteiger partial charge in [0.2, 0.25) is 0 Å². The van der Waals surface area contributed by atoms with Crippen LogP contribution in [0.1, 0.15) is 51.8 Å². The summed E-state index contributed by atoms with van der Waals surface area (Å²) in [5.41, 5.74) is 6.39. The lowest BCUT2D eigenvalue weighted by atomic mass is 9.90. The van der Waals surface area contributed by atoms with Crippen LogP contribution in [0, 0.1) is 0 Å². The van der Waals surface area contributed by atoms with E-state index in [0.717, 1.165) is 65.1 Å². The fraction of sp³-hybridized carbons (Fsp3) is 0.333. The number of nitrogens with one attached hydrogen (secondary N) is 1. The summed E-state index contributed by atoms with van der Waals surface area (Å²) < 4.78 is 40.0. The number of aryl methyl sites for hydroxylation is 2. The van der Waals surface area contributed by atoms with Crippen molar-refractivity contribution in [1.82, 2.24) is 0 Å². The van der Waals surface area contributed by atoms with Crippen molar-refractivity contribution in [2.75, 3.05) is 17.6 Å². The first-order valence-corrected chi connectivity index (χ1v) is 14.6. The third-order valence-electron chi connectivity index (χ3n) is 7.39. The Kier molecular flexibility index (Phi) is 5.28. The first kappa shape index (κ1) is 21.3. The van der Waals surface area contributed by atoms with E-state index >= 15 is 0 Å². The Morgan fingerprint density at radius 2 is 1.76 bits per heavy atom. The van der Waals surface area contributed by atoms with Crippen LogP contribution in [0.15, 0.2) is 70.5 Å². The zero-order valence-corrected chi connectivity index (χ0v) is 20.1. The Morgan fingerprint density at radius 1 is 0.909 bits per heavy atom.